The Labute approximate surface area is 161 Å². The molecule has 0 aliphatic carbocycles. The average molecular weight is 384 g/mol. The number of methoxy groups -OCH3 is 1. The van der Waals surface area contributed by atoms with Crippen molar-refractivity contribution >= 4 is 28.9 Å². The van der Waals surface area contributed by atoms with Gasteiger partial charge in [0, 0.05) is 30.7 Å². The highest BCUT2D eigenvalue weighted by Gasteiger charge is 2.10. The monoisotopic (exact) mass is 384 g/mol. The first-order valence-corrected chi connectivity index (χ1v) is 8.41. The number of benzene rings is 2. The van der Waals surface area contributed by atoms with Gasteiger partial charge in [-0.05, 0) is 42.8 Å². The normalized spacial score (nSPS) is 10.9. The summed E-state index contributed by atoms with van der Waals surface area (Å²) < 4.78 is 5.08. The SMILES string of the molecule is COc1ccc(/C(C)=N/NC(=O)CCC(=O)Nc2cccc([N+](=O)[O-])c2)cc1. The molecule has 2 amide bonds. The van der Waals surface area contributed by atoms with E-state index >= 15 is 0 Å². The third-order valence-corrected chi connectivity index (χ3v) is 3.78. The Balaban J connectivity index is 1.81. The van der Waals surface area contributed by atoms with Crippen LogP contribution in [0.25, 0.3) is 0 Å². The van der Waals surface area contributed by atoms with Crippen molar-refractivity contribution in [3.63, 3.8) is 0 Å². The summed E-state index contributed by atoms with van der Waals surface area (Å²) in [6.45, 7) is 1.75. The van der Waals surface area contributed by atoms with Crippen LogP contribution in [0.15, 0.2) is 53.6 Å². The van der Waals surface area contributed by atoms with Gasteiger partial charge < -0.3 is 10.1 Å². The number of nitrogens with zero attached hydrogens (tertiary/aromatic N) is 2. The summed E-state index contributed by atoms with van der Waals surface area (Å²) in [5.41, 5.74) is 4.01. The topological polar surface area (TPSA) is 123 Å². The maximum absolute atomic E-state index is 11.9. The van der Waals surface area contributed by atoms with Crippen molar-refractivity contribution in [3.8, 4) is 5.75 Å². The van der Waals surface area contributed by atoms with E-state index in [-0.39, 0.29) is 18.5 Å². The maximum Gasteiger partial charge on any atom is 0.271 e. The molecule has 2 aromatic carbocycles. The van der Waals surface area contributed by atoms with E-state index in [0.717, 1.165) is 11.3 Å². The van der Waals surface area contributed by atoms with E-state index in [1.165, 1.54) is 24.3 Å². The minimum Gasteiger partial charge on any atom is -0.497 e. The number of non-ortho nitro benzene ring substituents is 1. The molecule has 0 radical (unpaired) electrons. The highest BCUT2D eigenvalue weighted by molar-refractivity contribution is 5.99. The molecule has 2 rings (SSSR count). The summed E-state index contributed by atoms with van der Waals surface area (Å²) in [6, 6.07) is 12.8. The first kappa shape index (κ1) is 20.6. The molecule has 0 heterocycles. The van der Waals surface area contributed by atoms with Crippen LogP contribution in [0, 0.1) is 10.1 Å². The molecule has 0 spiro atoms. The van der Waals surface area contributed by atoms with Gasteiger partial charge in [0.15, 0.2) is 0 Å². The number of anilines is 1. The second-order valence-electron chi connectivity index (χ2n) is 5.82. The van der Waals surface area contributed by atoms with E-state index in [1.54, 1.807) is 26.2 Å². The number of hydrogen-bond acceptors (Lipinski definition) is 6. The van der Waals surface area contributed by atoms with Crippen molar-refractivity contribution < 1.29 is 19.2 Å². The van der Waals surface area contributed by atoms with Gasteiger partial charge >= 0.3 is 0 Å². The number of rotatable bonds is 8. The number of nitro groups is 1. The molecule has 0 aliphatic rings. The summed E-state index contributed by atoms with van der Waals surface area (Å²) >= 11 is 0. The lowest BCUT2D eigenvalue weighted by Crippen LogP contribution is -2.21. The summed E-state index contributed by atoms with van der Waals surface area (Å²) in [5.74, 6) is -0.121. The van der Waals surface area contributed by atoms with Crippen molar-refractivity contribution in [1.29, 1.82) is 0 Å². The lowest BCUT2D eigenvalue weighted by molar-refractivity contribution is -0.384. The number of ether oxygens (including phenoxy) is 1. The fraction of sp³-hybridized carbons (Fsp3) is 0.211. The average Bonchev–Trinajstić information content (AvgIpc) is 2.70. The van der Waals surface area contributed by atoms with Crippen molar-refractivity contribution in [2.24, 2.45) is 5.10 Å². The van der Waals surface area contributed by atoms with Gasteiger partial charge in [-0.3, -0.25) is 19.7 Å². The predicted molar refractivity (Wildman–Crippen MR) is 104 cm³/mol. The van der Waals surface area contributed by atoms with Gasteiger partial charge in [-0.25, -0.2) is 5.43 Å². The molecule has 0 fully saturated rings. The first-order valence-electron chi connectivity index (χ1n) is 8.41. The molecule has 0 unspecified atom stereocenters. The Kier molecular flexibility index (Phi) is 7.21. The van der Waals surface area contributed by atoms with E-state index in [9.17, 15) is 19.7 Å². The zero-order valence-corrected chi connectivity index (χ0v) is 15.5. The Bertz CT molecular complexity index is 893. The molecule has 0 saturated carbocycles. The molecular weight excluding hydrogens is 364 g/mol. The number of carbonyl (C=O) groups is 2. The molecule has 2 N–H and O–H groups in total. The van der Waals surface area contributed by atoms with Gasteiger partial charge in [-0.2, -0.15) is 5.10 Å². The maximum atomic E-state index is 11.9. The molecule has 0 bridgehead atoms. The smallest absolute Gasteiger partial charge is 0.271 e. The van der Waals surface area contributed by atoms with E-state index in [1.807, 2.05) is 12.1 Å². The molecule has 0 aliphatic heterocycles. The van der Waals surface area contributed by atoms with Crippen molar-refractivity contribution in [2.75, 3.05) is 12.4 Å². The molecule has 146 valence electrons. The summed E-state index contributed by atoms with van der Waals surface area (Å²) in [5, 5.41) is 17.3. The Morgan fingerprint density at radius 2 is 1.79 bits per heavy atom. The van der Waals surface area contributed by atoms with Crippen LogP contribution in [-0.2, 0) is 9.59 Å². The zero-order valence-electron chi connectivity index (χ0n) is 15.5. The molecule has 9 heteroatoms. The molecule has 0 atom stereocenters. The number of amides is 2. The molecule has 0 aromatic heterocycles. The lowest BCUT2D eigenvalue weighted by Gasteiger charge is -2.06. The van der Waals surface area contributed by atoms with Crippen molar-refractivity contribution in [2.45, 2.75) is 19.8 Å². The highest BCUT2D eigenvalue weighted by atomic mass is 16.6. The van der Waals surface area contributed by atoms with Crippen LogP contribution in [0.3, 0.4) is 0 Å². The predicted octanol–water partition coefficient (Wildman–Crippen LogP) is 2.86. The van der Waals surface area contributed by atoms with E-state index in [4.69, 9.17) is 4.74 Å². The Morgan fingerprint density at radius 3 is 2.43 bits per heavy atom. The van der Waals surface area contributed by atoms with Crippen LogP contribution >= 0.6 is 0 Å². The van der Waals surface area contributed by atoms with Gasteiger partial charge in [0.25, 0.3) is 5.69 Å². The van der Waals surface area contributed by atoms with Gasteiger partial charge in [0.05, 0.1) is 17.7 Å². The minimum absolute atomic E-state index is 0.0693. The largest absolute Gasteiger partial charge is 0.497 e. The number of nitrogens with one attached hydrogen (secondary N) is 2. The van der Waals surface area contributed by atoms with E-state index < -0.39 is 16.7 Å². The number of hydrogen-bond donors (Lipinski definition) is 2. The summed E-state index contributed by atoms with van der Waals surface area (Å²) in [4.78, 5) is 34.0. The quantitative estimate of drug-likeness (QED) is 0.411. The highest BCUT2D eigenvalue weighted by Crippen LogP contribution is 2.17. The summed E-state index contributed by atoms with van der Waals surface area (Å²) in [6.07, 6.45) is -0.147. The minimum atomic E-state index is -0.549. The van der Waals surface area contributed by atoms with Crippen LogP contribution in [-0.4, -0.2) is 29.6 Å². The standard InChI is InChI=1S/C19H20N4O5/c1-13(14-6-8-17(28-2)9-7-14)21-22-19(25)11-10-18(24)20-15-4-3-5-16(12-15)23(26)27/h3-9,12H,10-11H2,1-2H3,(H,20,24)(H,22,25)/b21-13+. The molecule has 0 saturated heterocycles. The first-order chi connectivity index (χ1) is 13.4. The van der Waals surface area contributed by atoms with Gasteiger partial charge in [0.2, 0.25) is 11.8 Å². The van der Waals surface area contributed by atoms with Gasteiger partial charge in [0.1, 0.15) is 5.75 Å². The fourth-order valence-electron chi connectivity index (χ4n) is 2.25. The second-order valence-corrected chi connectivity index (χ2v) is 5.82. The Hall–Kier alpha value is -3.75. The number of carbonyl (C=O) groups excluding carboxylic acids is 2. The molecule has 28 heavy (non-hydrogen) atoms. The Morgan fingerprint density at radius 1 is 1.11 bits per heavy atom. The van der Waals surface area contributed by atoms with Crippen LogP contribution in [0.2, 0.25) is 0 Å². The van der Waals surface area contributed by atoms with Crippen LogP contribution in [0.5, 0.6) is 5.75 Å². The molecule has 9 nitrogen and oxygen atoms in total. The van der Waals surface area contributed by atoms with Crippen LogP contribution < -0.4 is 15.5 Å². The van der Waals surface area contributed by atoms with Crippen LogP contribution in [0.1, 0.15) is 25.3 Å². The van der Waals surface area contributed by atoms with Crippen molar-refractivity contribution in [1.82, 2.24) is 5.43 Å². The van der Waals surface area contributed by atoms with Crippen molar-refractivity contribution in [3.05, 3.63) is 64.2 Å². The summed E-state index contributed by atoms with van der Waals surface area (Å²) in [7, 11) is 1.57. The third kappa shape index (κ3) is 6.20. The second kappa shape index (κ2) is 9.81. The van der Waals surface area contributed by atoms with Gasteiger partial charge in [-0.1, -0.05) is 6.07 Å². The fourth-order valence-corrected chi connectivity index (χ4v) is 2.25. The molecule has 2 aromatic rings. The van der Waals surface area contributed by atoms with E-state index in [2.05, 4.69) is 15.8 Å². The van der Waals surface area contributed by atoms with Crippen LogP contribution in [0.4, 0.5) is 11.4 Å². The molecular formula is C19H20N4O5. The van der Waals surface area contributed by atoms with E-state index in [0.29, 0.717) is 11.4 Å². The van der Waals surface area contributed by atoms with Gasteiger partial charge in [-0.15, -0.1) is 0 Å². The lowest BCUT2D eigenvalue weighted by atomic mass is 10.1. The number of nitro benzene ring substituents is 1. The zero-order chi connectivity index (χ0) is 20.5. The number of hydrazone groups is 1. The third-order valence-electron chi connectivity index (χ3n) is 3.78.